The molecule has 0 saturated heterocycles. The van der Waals surface area contributed by atoms with E-state index in [1.165, 1.54) is 24.0 Å². The fourth-order valence-corrected chi connectivity index (χ4v) is 2.22. The summed E-state index contributed by atoms with van der Waals surface area (Å²) in [6.45, 7) is 3.76. The van der Waals surface area contributed by atoms with Gasteiger partial charge in [0.1, 0.15) is 5.75 Å². The number of benzene rings is 1. The zero-order chi connectivity index (χ0) is 13.7. The van der Waals surface area contributed by atoms with Crippen LogP contribution in [0.15, 0.2) is 18.2 Å². The molecular formula is C16H26ClNO2. The van der Waals surface area contributed by atoms with Crippen LogP contribution in [0.1, 0.15) is 30.9 Å². The van der Waals surface area contributed by atoms with Gasteiger partial charge in [-0.1, -0.05) is 12.1 Å². The van der Waals surface area contributed by atoms with Crippen LogP contribution in [0.25, 0.3) is 0 Å². The third-order valence-corrected chi connectivity index (χ3v) is 3.47. The van der Waals surface area contributed by atoms with Crippen molar-refractivity contribution >= 4 is 12.4 Å². The Bertz CT molecular complexity index is 405. The number of ether oxygens (including phenoxy) is 2. The van der Waals surface area contributed by atoms with Crippen molar-refractivity contribution in [2.75, 3.05) is 20.3 Å². The molecule has 2 N–H and O–H groups in total. The summed E-state index contributed by atoms with van der Waals surface area (Å²) in [5.41, 5.74) is 8.37. The van der Waals surface area contributed by atoms with Crippen LogP contribution in [0, 0.1) is 5.92 Å². The van der Waals surface area contributed by atoms with E-state index in [0.717, 1.165) is 37.7 Å². The quantitative estimate of drug-likeness (QED) is 0.751. The molecule has 0 amide bonds. The highest BCUT2D eigenvalue weighted by Gasteiger charge is 2.20. The van der Waals surface area contributed by atoms with Crippen LogP contribution in [0.5, 0.6) is 5.75 Å². The number of halogens is 1. The van der Waals surface area contributed by atoms with Crippen molar-refractivity contribution in [2.24, 2.45) is 11.7 Å². The van der Waals surface area contributed by atoms with Gasteiger partial charge in [0.25, 0.3) is 0 Å². The minimum absolute atomic E-state index is 0. The van der Waals surface area contributed by atoms with Crippen LogP contribution in [0.4, 0.5) is 0 Å². The van der Waals surface area contributed by atoms with Crippen LogP contribution in [0.2, 0.25) is 0 Å². The van der Waals surface area contributed by atoms with E-state index in [1.54, 1.807) is 7.11 Å². The molecule has 3 nitrogen and oxygen atoms in total. The highest BCUT2D eigenvalue weighted by molar-refractivity contribution is 5.85. The number of rotatable bonds is 8. The van der Waals surface area contributed by atoms with Crippen molar-refractivity contribution in [1.82, 2.24) is 0 Å². The molecule has 1 aromatic carbocycles. The predicted octanol–water partition coefficient (Wildman–Crippen LogP) is 2.98. The molecule has 0 bridgehead atoms. The lowest BCUT2D eigenvalue weighted by Gasteiger charge is -2.13. The highest BCUT2D eigenvalue weighted by Crippen LogP contribution is 2.28. The summed E-state index contributed by atoms with van der Waals surface area (Å²) in [4.78, 5) is 0. The molecule has 1 atom stereocenters. The lowest BCUT2D eigenvalue weighted by molar-refractivity contribution is 0.127. The van der Waals surface area contributed by atoms with Crippen molar-refractivity contribution in [3.05, 3.63) is 29.3 Å². The van der Waals surface area contributed by atoms with Gasteiger partial charge in [-0.15, -0.1) is 12.4 Å². The van der Waals surface area contributed by atoms with Gasteiger partial charge in [-0.05, 0) is 55.7 Å². The first-order valence-electron chi connectivity index (χ1n) is 7.18. The normalized spacial score (nSPS) is 15.6. The van der Waals surface area contributed by atoms with Gasteiger partial charge in [0.05, 0.1) is 13.7 Å². The van der Waals surface area contributed by atoms with E-state index >= 15 is 0 Å². The van der Waals surface area contributed by atoms with Crippen LogP contribution < -0.4 is 10.5 Å². The van der Waals surface area contributed by atoms with Crippen molar-refractivity contribution in [2.45, 2.75) is 38.6 Å². The van der Waals surface area contributed by atoms with Gasteiger partial charge in [-0.25, -0.2) is 0 Å². The molecule has 0 aliphatic heterocycles. The standard InChI is InChI=1S/C16H25NO2.ClH/c1-12(17)9-15-10-13(5-6-16(15)18-2)7-8-19-11-14-3-4-14;/h5-6,10,12,14H,3-4,7-9,11,17H2,1-2H3;1H. The predicted molar refractivity (Wildman–Crippen MR) is 84.8 cm³/mol. The molecule has 1 saturated carbocycles. The van der Waals surface area contributed by atoms with Crippen LogP contribution in [0.3, 0.4) is 0 Å². The minimum atomic E-state index is 0. The third-order valence-electron chi connectivity index (χ3n) is 3.47. The summed E-state index contributed by atoms with van der Waals surface area (Å²) < 4.78 is 11.1. The molecular weight excluding hydrogens is 274 g/mol. The fraction of sp³-hybridized carbons (Fsp3) is 0.625. The molecule has 20 heavy (non-hydrogen) atoms. The largest absolute Gasteiger partial charge is 0.496 e. The van der Waals surface area contributed by atoms with E-state index < -0.39 is 0 Å². The van der Waals surface area contributed by atoms with Gasteiger partial charge in [0.2, 0.25) is 0 Å². The number of methoxy groups -OCH3 is 1. The molecule has 1 fully saturated rings. The molecule has 4 heteroatoms. The van der Waals surface area contributed by atoms with Gasteiger partial charge in [0, 0.05) is 12.6 Å². The summed E-state index contributed by atoms with van der Waals surface area (Å²) in [7, 11) is 1.71. The average Bonchev–Trinajstić information content (AvgIpc) is 3.18. The lowest BCUT2D eigenvalue weighted by Crippen LogP contribution is -2.18. The Labute approximate surface area is 128 Å². The Morgan fingerprint density at radius 2 is 2.10 bits per heavy atom. The Kier molecular flexibility index (Phi) is 7.35. The molecule has 114 valence electrons. The van der Waals surface area contributed by atoms with Crippen molar-refractivity contribution < 1.29 is 9.47 Å². The zero-order valence-electron chi connectivity index (χ0n) is 12.4. The van der Waals surface area contributed by atoms with Crippen LogP contribution >= 0.6 is 12.4 Å². The smallest absolute Gasteiger partial charge is 0.122 e. The van der Waals surface area contributed by atoms with E-state index in [4.69, 9.17) is 15.2 Å². The summed E-state index contributed by atoms with van der Waals surface area (Å²) >= 11 is 0. The SMILES string of the molecule is COc1ccc(CCOCC2CC2)cc1CC(C)N.Cl. The van der Waals surface area contributed by atoms with E-state index in [0.29, 0.717) is 0 Å². The number of hydrogen-bond acceptors (Lipinski definition) is 3. The van der Waals surface area contributed by atoms with E-state index in [1.807, 2.05) is 13.0 Å². The Morgan fingerprint density at radius 1 is 1.35 bits per heavy atom. The van der Waals surface area contributed by atoms with Crippen molar-refractivity contribution in [3.63, 3.8) is 0 Å². The molecule has 1 aliphatic carbocycles. The van der Waals surface area contributed by atoms with Gasteiger partial charge in [-0.3, -0.25) is 0 Å². The minimum Gasteiger partial charge on any atom is -0.496 e. The monoisotopic (exact) mass is 299 g/mol. The van der Waals surface area contributed by atoms with Crippen LogP contribution in [-0.4, -0.2) is 26.4 Å². The first kappa shape index (κ1) is 17.3. The van der Waals surface area contributed by atoms with Gasteiger partial charge >= 0.3 is 0 Å². The Hall–Kier alpha value is -0.770. The molecule has 0 heterocycles. The second-order valence-electron chi connectivity index (χ2n) is 5.60. The summed E-state index contributed by atoms with van der Waals surface area (Å²) in [6, 6.07) is 6.50. The van der Waals surface area contributed by atoms with Gasteiger partial charge in [0.15, 0.2) is 0 Å². The van der Waals surface area contributed by atoms with Gasteiger partial charge < -0.3 is 15.2 Å². The van der Waals surface area contributed by atoms with Crippen molar-refractivity contribution in [1.29, 1.82) is 0 Å². The molecule has 1 unspecified atom stereocenters. The molecule has 0 aromatic heterocycles. The first-order valence-corrected chi connectivity index (χ1v) is 7.18. The van der Waals surface area contributed by atoms with Crippen molar-refractivity contribution in [3.8, 4) is 5.75 Å². The summed E-state index contributed by atoms with van der Waals surface area (Å²) in [6.07, 6.45) is 4.50. The second-order valence-corrected chi connectivity index (χ2v) is 5.60. The first-order chi connectivity index (χ1) is 9.19. The average molecular weight is 300 g/mol. The molecule has 0 radical (unpaired) electrons. The maximum atomic E-state index is 5.88. The summed E-state index contributed by atoms with van der Waals surface area (Å²) in [5.74, 6) is 1.77. The second kappa shape index (κ2) is 8.50. The maximum absolute atomic E-state index is 5.88. The van der Waals surface area contributed by atoms with Gasteiger partial charge in [-0.2, -0.15) is 0 Å². The lowest BCUT2D eigenvalue weighted by atomic mass is 10.0. The fourth-order valence-electron chi connectivity index (χ4n) is 2.22. The molecule has 2 rings (SSSR count). The van der Waals surface area contributed by atoms with Crippen LogP contribution in [-0.2, 0) is 17.6 Å². The zero-order valence-corrected chi connectivity index (χ0v) is 13.2. The van der Waals surface area contributed by atoms with E-state index in [2.05, 4.69) is 12.1 Å². The Morgan fingerprint density at radius 3 is 2.70 bits per heavy atom. The van der Waals surface area contributed by atoms with E-state index in [9.17, 15) is 0 Å². The summed E-state index contributed by atoms with van der Waals surface area (Å²) in [5, 5.41) is 0. The molecule has 1 aromatic rings. The molecule has 0 spiro atoms. The molecule has 1 aliphatic rings. The Balaban J connectivity index is 0.00000200. The third kappa shape index (κ3) is 5.70. The highest BCUT2D eigenvalue weighted by atomic mass is 35.5. The number of nitrogens with two attached hydrogens (primary N) is 1. The van der Waals surface area contributed by atoms with E-state index in [-0.39, 0.29) is 18.4 Å². The number of hydrogen-bond donors (Lipinski definition) is 1. The topological polar surface area (TPSA) is 44.5 Å². The maximum Gasteiger partial charge on any atom is 0.122 e.